The summed E-state index contributed by atoms with van der Waals surface area (Å²) in [6, 6.07) is 0. The van der Waals surface area contributed by atoms with Gasteiger partial charge >= 0.3 is 8.69 Å². The Hall–Kier alpha value is -0.830. The topological polar surface area (TPSA) is 80.7 Å². The van der Waals surface area contributed by atoms with Crippen molar-refractivity contribution in [3.8, 4) is 0 Å². The van der Waals surface area contributed by atoms with E-state index in [9.17, 15) is 14.2 Å². The standard InChI is InChI=1S/C2H3B2O5P/c5-1(6)3-4-2(7)9-10-8/h3-4H,(H,5,6). The van der Waals surface area contributed by atoms with Crippen molar-refractivity contribution >= 4 is 34.8 Å². The van der Waals surface area contributed by atoms with E-state index in [2.05, 4.69) is 4.52 Å². The van der Waals surface area contributed by atoms with Gasteiger partial charge in [0.15, 0.2) is 0 Å². The summed E-state index contributed by atoms with van der Waals surface area (Å²) in [7, 11) is -1.28. The summed E-state index contributed by atoms with van der Waals surface area (Å²) in [4.78, 5) is 20.1. The Morgan fingerprint density at radius 1 is 1.40 bits per heavy atom. The summed E-state index contributed by atoms with van der Waals surface area (Å²) in [5, 5.41) is 8.04. The molecule has 0 aromatic heterocycles. The van der Waals surface area contributed by atoms with Gasteiger partial charge < -0.3 is 9.63 Å². The molecular weight excluding hydrogens is 157 g/mol. The molecule has 0 atom stereocenters. The highest BCUT2D eigenvalue weighted by Crippen LogP contribution is 1.93. The first kappa shape index (κ1) is 9.17. The van der Waals surface area contributed by atoms with Gasteiger partial charge in [0.25, 0.3) is 5.87 Å². The molecule has 10 heavy (non-hydrogen) atoms. The zero-order valence-electron chi connectivity index (χ0n) is 4.94. The molecule has 0 fully saturated rings. The van der Waals surface area contributed by atoms with Gasteiger partial charge in [-0.2, -0.15) is 0 Å². The van der Waals surface area contributed by atoms with E-state index in [1.54, 1.807) is 0 Å². The highest BCUT2D eigenvalue weighted by Gasteiger charge is 2.10. The molecule has 0 spiro atoms. The highest BCUT2D eigenvalue weighted by atomic mass is 31.1. The molecule has 1 N–H and O–H groups in total. The Kier molecular flexibility index (Phi) is 4.58. The molecule has 0 bridgehead atoms. The summed E-state index contributed by atoms with van der Waals surface area (Å²) in [5.41, 5.74) is 0. The molecule has 0 aromatic carbocycles. The van der Waals surface area contributed by atoms with Gasteiger partial charge in [-0.15, -0.1) is 0 Å². The second-order valence-corrected chi connectivity index (χ2v) is 1.76. The van der Waals surface area contributed by atoms with E-state index in [0.717, 1.165) is 0 Å². The number of carboxylic acid groups (broad SMARTS) is 1. The molecule has 0 aliphatic heterocycles. The van der Waals surface area contributed by atoms with E-state index in [1.165, 1.54) is 0 Å². The third-order valence-corrected chi connectivity index (χ3v) is 0.960. The van der Waals surface area contributed by atoms with Crippen LogP contribution in [-0.4, -0.2) is 31.2 Å². The molecule has 0 aliphatic carbocycles. The van der Waals surface area contributed by atoms with Crippen LogP contribution in [-0.2, 0) is 9.09 Å². The fourth-order valence-corrected chi connectivity index (χ4v) is 0.471. The quantitative estimate of drug-likeness (QED) is 0.454. The number of carbonyl (C=O) groups is 2. The normalized spacial score (nSPS) is 8.40. The van der Waals surface area contributed by atoms with E-state index in [1.807, 2.05) is 0 Å². The summed E-state index contributed by atoms with van der Waals surface area (Å²) in [6.07, 6.45) is 0. The molecule has 0 saturated heterocycles. The van der Waals surface area contributed by atoms with E-state index >= 15 is 0 Å². The van der Waals surface area contributed by atoms with Gasteiger partial charge in [-0.05, 0) is 0 Å². The fourth-order valence-electron chi connectivity index (χ4n) is 0.296. The van der Waals surface area contributed by atoms with Gasteiger partial charge in [-0.1, -0.05) is 0 Å². The van der Waals surface area contributed by atoms with Crippen molar-refractivity contribution in [2.45, 2.75) is 0 Å². The molecule has 0 unspecified atom stereocenters. The van der Waals surface area contributed by atoms with Crippen molar-refractivity contribution in [1.82, 2.24) is 0 Å². The first-order valence-electron chi connectivity index (χ1n) is 2.41. The lowest BCUT2D eigenvalue weighted by Gasteiger charge is -1.87. The lowest BCUT2D eigenvalue weighted by Crippen LogP contribution is -2.21. The molecule has 0 saturated carbocycles. The first-order valence-corrected chi connectivity index (χ1v) is 3.14. The van der Waals surface area contributed by atoms with Crippen LogP contribution in [0.1, 0.15) is 0 Å². The number of hydrogen-bond donors (Lipinski definition) is 1. The third kappa shape index (κ3) is 5.31. The van der Waals surface area contributed by atoms with Crippen LogP contribution in [0.3, 0.4) is 0 Å². The zero-order valence-corrected chi connectivity index (χ0v) is 5.84. The minimum absolute atomic E-state index is 0.245. The van der Waals surface area contributed by atoms with Crippen LogP contribution < -0.4 is 0 Å². The largest absolute Gasteiger partial charge is 0.490 e. The van der Waals surface area contributed by atoms with Crippen LogP contribution in [0.2, 0.25) is 0 Å². The predicted molar refractivity (Wildman–Crippen MR) is 36.4 cm³/mol. The van der Waals surface area contributed by atoms with Gasteiger partial charge in [-0.25, -0.2) is 4.57 Å². The maximum Gasteiger partial charge on any atom is 0.397 e. The van der Waals surface area contributed by atoms with Gasteiger partial charge in [-0.3, -0.25) is 9.59 Å². The molecule has 0 rings (SSSR count). The third-order valence-electron chi connectivity index (χ3n) is 0.682. The lowest BCUT2D eigenvalue weighted by molar-refractivity contribution is 0.219. The average Bonchev–Trinajstić information content (AvgIpc) is 1.85. The first-order chi connectivity index (χ1) is 4.66. The van der Waals surface area contributed by atoms with E-state index < -0.39 is 20.4 Å². The number of carbonyl (C=O) groups excluding carboxylic acids is 1. The van der Waals surface area contributed by atoms with Crippen LogP contribution in [0.4, 0.5) is 9.59 Å². The molecule has 0 radical (unpaired) electrons. The Bertz CT molecular complexity index is 158. The molecule has 0 heterocycles. The van der Waals surface area contributed by atoms with Gasteiger partial charge in [0, 0.05) is 0 Å². The van der Waals surface area contributed by atoms with Crippen molar-refractivity contribution in [3.63, 3.8) is 0 Å². The fraction of sp³-hybridized carbons (Fsp3) is 0. The molecule has 52 valence electrons. The van der Waals surface area contributed by atoms with E-state index in [0.29, 0.717) is 0 Å². The highest BCUT2D eigenvalue weighted by molar-refractivity contribution is 7.28. The second kappa shape index (κ2) is 4.99. The van der Waals surface area contributed by atoms with Gasteiger partial charge in [0.05, 0.1) is 0 Å². The number of hydrogen-bond acceptors (Lipinski definition) is 4. The Morgan fingerprint density at radius 2 is 2.00 bits per heavy atom. The van der Waals surface area contributed by atoms with Crippen molar-refractivity contribution in [1.29, 1.82) is 0 Å². The van der Waals surface area contributed by atoms with Crippen LogP contribution in [0.25, 0.3) is 0 Å². The van der Waals surface area contributed by atoms with E-state index in [4.69, 9.17) is 5.11 Å². The smallest absolute Gasteiger partial charge is 0.397 e. The van der Waals surface area contributed by atoms with Crippen molar-refractivity contribution in [2.75, 3.05) is 0 Å². The summed E-state index contributed by atoms with van der Waals surface area (Å²) >= 11 is 0. The van der Waals surface area contributed by atoms with Crippen molar-refractivity contribution < 1.29 is 23.8 Å². The minimum atomic E-state index is -1.08. The summed E-state index contributed by atoms with van der Waals surface area (Å²) < 4.78 is 13.5. The SMILES string of the molecule is O=POC(=O)BBC(=O)O. The molecule has 0 aromatic rings. The van der Waals surface area contributed by atoms with Gasteiger partial charge in [0.1, 0.15) is 0 Å². The van der Waals surface area contributed by atoms with Crippen LogP contribution in [0.5, 0.6) is 0 Å². The number of rotatable bonds is 4. The molecule has 0 aliphatic rings. The maximum absolute atomic E-state index is 10.3. The lowest BCUT2D eigenvalue weighted by atomic mass is 9.39. The molecule has 8 heteroatoms. The minimum Gasteiger partial charge on any atom is -0.490 e. The Balaban J connectivity index is 3.39. The molecule has 0 amide bonds. The Labute approximate surface area is 59.5 Å². The van der Waals surface area contributed by atoms with Crippen molar-refractivity contribution in [3.05, 3.63) is 0 Å². The summed E-state index contributed by atoms with van der Waals surface area (Å²) in [5.74, 6) is -1.86. The van der Waals surface area contributed by atoms with Crippen LogP contribution in [0.15, 0.2) is 0 Å². The summed E-state index contributed by atoms with van der Waals surface area (Å²) in [6.45, 7) is 0. The average molecular weight is 160 g/mol. The zero-order chi connectivity index (χ0) is 7.98. The predicted octanol–water partition coefficient (Wildman–Crippen LogP) is -0.204. The van der Waals surface area contributed by atoms with Crippen LogP contribution >= 0.6 is 8.69 Å². The van der Waals surface area contributed by atoms with Crippen LogP contribution in [0, 0.1) is 0 Å². The molecule has 5 nitrogen and oxygen atoms in total. The van der Waals surface area contributed by atoms with Gasteiger partial charge in [0.2, 0.25) is 20.2 Å². The monoisotopic (exact) mass is 160 g/mol. The maximum atomic E-state index is 10.3. The van der Waals surface area contributed by atoms with E-state index in [-0.39, 0.29) is 14.3 Å². The Morgan fingerprint density at radius 3 is 2.40 bits per heavy atom. The van der Waals surface area contributed by atoms with Crippen molar-refractivity contribution in [2.24, 2.45) is 0 Å². The molecular formula is C2H3B2O5P. The second-order valence-electron chi connectivity index (χ2n) is 1.43.